The highest BCUT2D eigenvalue weighted by Gasteiger charge is 2.72. The number of fused-ring (bicyclic) bond motifs is 5. The topological polar surface area (TPSA) is 127 Å². The van der Waals surface area contributed by atoms with Gasteiger partial charge >= 0.3 is 5.91 Å². The number of hydrogen-bond acceptors (Lipinski definition) is 7. The van der Waals surface area contributed by atoms with Gasteiger partial charge in [0.05, 0.1) is 5.92 Å². The Hall–Kier alpha value is -3.25. The Labute approximate surface area is 238 Å². The zero-order chi connectivity index (χ0) is 28.8. The van der Waals surface area contributed by atoms with E-state index in [4.69, 9.17) is 9.62 Å². The zero-order valence-corrected chi connectivity index (χ0v) is 23.8. The number of amides is 3. The summed E-state index contributed by atoms with van der Waals surface area (Å²) in [5.41, 5.74) is 2.71. The number of rotatable bonds is 5. The van der Waals surface area contributed by atoms with Gasteiger partial charge in [0, 0.05) is 36.2 Å². The summed E-state index contributed by atoms with van der Waals surface area (Å²) >= 11 is 0. The number of likely N-dealkylation sites (N-methyl/N-ethyl adjacent to an activating group) is 1. The Morgan fingerprint density at radius 2 is 2.12 bits per heavy atom. The maximum atomic E-state index is 14.1. The molecule has 2 aromatic rings. The molecule has 0 spiro atoms. The second-order valence-electron chi connectivity index (χ2n) is 12.8. The number of aromatic nitrogens is 1. The molecule has 5 heterocycles. The summed E-state index contributed by atoms with van der Waals surface area (Å²) in [6, 6.07) is 4.76. The van der Waals surface area contributed by atoms with E-state index >= 15 is 0 Å². The summed E-state index contributed by atoms with van der Waals surface area (Å²) in [6.45, 7) is 6.39. The lowest BCUT2D eigenvalue weighted by atomic mass is 9.79. The molecule has 0 saturated carbocycles. The maximum absolute atomic E-state index is 14.1. The molecule has 3 amide bonds. The molecule has 11 heteroatoms. The first-order valence-corrected chi connectivity index (χ1v) is 14.6. The Balaban J connectivity index is 1.22. The molecule has 7 rings (SSSR count). The second kappa shape index (κ2) is 9.12. The van der Waals surface area contributed by atoms with Crippen LogP contribution < -0.4 is 5.32 Å². The average molecular weight is 564 g/mol. The van der Waals surface area contributed by atoms with Crippen molar-refractivity contribution in [1.29, 1.82) is 0 Å². The minimum absolute atomic E-state index is 0.0894. The van der Waals surface area contributed by atoms with Gasteiger partial charge in [0.15, 0.2) is 0 Å². The summed E-state index contributed by atoms with van der Waals surface area (Å²) in [6.07, 6.45) is 6.51. The number of benzene rings is 1. The summed E-state index contributed by atoms with van der Waals surface area (Å²) in [5, 5.41) is 14.3. The van der Waals surface area contributed by atoms with E-state index in [2.05, 4.69) is 33.5 Å². The normalized spacial score (nSPS) is 34.6. The van der Waals surface area contributed by atoms with Gasteiger partial charge in [0.25, 0.3) is 5.91 Å². The molecule has 3 saturated heterocycles. The van der Waals surface area contributed by atoms with Crippen molar-refractivity contribution in [3.8, 4) is 0 Å². The number of ether oxygens (including phenoxy) is 1. The molecule has 4 aliphatic heterocycles. The van der Waals surface area contributed by atoms with E-state index in [1.165, 1.54) is 22.8 Å². The number of nitrogens with one attached hydrogen (secondary N) is 2. The fourth-order valence-corrected chi connectivity index (χ4v) is 7.85. The third kappa shape index (κ3) is 3.68. The van der Waals surface area contributed by atoms with Crippen LogP contribution in [-0.2, 0) is 30.4 Å². The van der Waals surface area contributed by atoms with Crippen molar-refractivity contribution in [3.63, 3.8) is 0 Å². The van der Waals surface area contributed by atoms with Crippen molar-refractivity contribution in [2.75, 3.05) is 20.1 Å². The first-order valence-electron chi connectivity index (χ1n) is 14.6. The summed E-state index contributed by atoms with van der Waals surface area (Å²) in [5.74, 6) is -3.49. The van der Waals surface area contributed by atoms with Gasteiger partial charge < -0.3 is 15.2 Å². The Morgan fingerprint density at radius 3 is 2.88 bits per heavy atom. The van der Waals surface area contributed by atoms with Crippen LogP contribution in [0.5, 0.6) is 0 Å². The van der Waals surface area contributed by atoms with Gasteiger partial charge in [0.1, 0.15) is 12.1 Å². The van der Waals surface area contributed by atoms with Crippen LogP contribution in [-0.4, -0.2) is 92.6 Å². The highest BCUT2D eigenvalue weighted by Crippen LogP contribution is 2.48. The van der Waals surface area contributed by atoms with E-state index in [0.29, 0.717) is 32.4 Å². The number of hydrogen-bond donors (Lipinski definition) is 3. The predicted octanol–water partition coefficient (Wildman–Crippen LogP) is 2.29. The lowest BCUT2D eigenvalue weighted by Crippen LogP contribution is -2.72. The Bertz CT molecular complexity index is 1480. The van der Waals surface area contributed by atoms with Crippen molar-refractivity contribution in [1.82, 2.24) is 25.0 Å². The van der Waals surface area contributed by atoms with Crippen molar-refractivity contribution >= 4 is 34.2 Å². The molecule has 3 fully saturated rings. The van der Waals surface area contributed by atoms with Gasteiger partial charge in [-0.3, -0.25) is 28.9 Å². The van der Waals surface area contributed by atoms with E-state index in [-0.39, 0.29) is 23.8 Å². The average Bonchev–Trinajstić information content (AvgIpc) is 3.65. The SMILES string of the molecule is CC(C)CC1C(=O)N2CCCC2C2(OO)OC(C)(NC(=O)C3C=C4c5cccc6[nH]cc(c56)CC4N(C)C3)C(=O)N12. The molecule has 218 valence electrons. The van der Waals surface area contributed by atoms with Gasteiger partial charge in [-0.15, -0.1) is 0 Å². The maximum Gasteiger partial charge on any atom is 0.307 e. The number of carbonyl (C=O) groups excluding carboxylic acids is 3. The molecule has 1 aliphatic carbocycles. The quantitative estimate of drug-likeness (QED) is 0.376. The number of carbonyl (C=O) groups is 3. The Kier molecular flexibility index (Phi) is 5.93. The zero-order valence-electron chi connectivity index (χ0n) is 23.8. The van der Waals surface area contributed by atoms with Crippen LogP contribution in [0, 0.1) is 11.8 Å². The number of piperazine rings is 1. The van der Waals surface area contributed by atoms with E-state index in [0.717, 1.165) is 23.1 Å². The number of nitrogens with zero attached hydrogens (tertiary/aromatic N) is 3. The van der Waals surface area contributed by atoms with Crippen LogP contribution in [0.3, 0.4) is 0 Å². The molecule has 0 bridgehead atoms. The van der Waals surface area contributed by atoms with Gasteiger partial charge in [-0.05, 0) is 68.3 Å². The standard InChI is InChI=1S/C30H37N5O6/c1-16(2)11-23-27(37)34-10-6-9-24(34)30(41-39)35(23)28(38)29(3,40-30)32-26(36)18-12-20-19-7-5-8-21-25(19)17(14-31-21)13-22(20)33(4)15-18/h5,7-8,12,14,16,18,22-24,31,39H,6,9-11,13,15H2,1-4H3,(H,32,36). The van der Waals surface area contributed by atoms with E-state index in [1.54, 1.807) is 4.90 Å². The van der Waals surface area contributed by atoms with E-state index in [9.17, 15) is 19.6 Å². The summed E-state index contributed by atoms with van der Waals surface area (Å²) < 4.78 is 6.29. The second-order valence-corrected chi connectivity index (χ2v) is 12.8. The van der Waals surface area contributed by atoms with E-state index < -0.39 is 35.5 Å². The highest BCUT2D eigenvalue weighted by molar-refractivity contribution is 6.00. The molecule has 5 aliphatic rings. The van der Waals surface area contributed by atoms with Crippen LogP contribution in [0.15, 0.2) is 30.5 Å². The minimum Gasteiger partial charge on any atom is -0.361 e. The van der Waals surface area contributed by atoms with Crippen molar-refractivity contribution < 1.29 is 29.3 Å². The fourth-order valence-electron chi connectivity index (χ4n) is 7.85. The van der Waals surface area contributed by atoms with Gasteiger partial charge in [-0.1, -0.05) is 32.1 Å². The minimum atomic E-state index is -1.89. The number of aromatic amines is 1. The molecule has 0 radical (unpaired) electrons. The van der Waals surface area contributed by atoms with Crippen LogP contribution in [0.25, 0.3) is 16.5 Å². The molecule has 6 atom stereocenters. The lowest BCUT2D eigenvalue weighted by Gasteiger charge is -2.49. The molecule has 6 unspecified atom stereocenters. The van der Waals surface area contributed by atoms with Crippen LogP contribution in [0.4, 0.5) is 0 Å². The third-order valence-electron chi connectivity index (χ3n) is 9.66. The third-order valence-corrected chi connectivity index (χ3v) is 9.66. The van der Waals surface area contributed by atoms with Gasteiger partial charge in [0.2, 0.25) is 17.5 Å². The molecule has 1 aromatic carbocycles. The molecular weight excluding hydrogens is 526 g/mol. The van der Waals surface area contributed by atoms with Gasteiger partial charge in [-0.2, -0.15) is 4.89 Å². The monoisotopic (exact) mass is 563 g/mol. The molecule has 41 heavy (non-hydrogen) atoms. The summed E-state index contributed by atoms with van der Waals surface area (Å²) in [7, 11) is 2.01. The van der Waals surface area contributed by atoms with Crippen molar-refractivity contribution in [3.05, 3.63) is 41.6 Å². The van der Waals surface area contributed by atoms with Crippen molar-refractivity contribution in [2.45, 2.75) is 76.2 Å². The first kappa shape index (κ1) is 26.6. The molecule has 3 N–H and O–H groups in total. The van der Waals surface area contributed by atoms with Gasteiger partial charge in [-0.25, -0.2) is 5.26 Å². The largest absolute Gasteiger partial charge is 0.361 e. The molecular formula is C30H37N5O6. The molecule has 11 nitrogen and oxygen atoms in total. The number of H-pyrrole nitrogens is 1. The van der Waals surface area contributed by atoms with Crippen LogP contribution in [0.1, 0.15) is 51.2 Å². The van der Waals surface area contributed by atoms with Crippen molar-refractivity contribution in [2.24, 2.45) is 11.8 Å². The van der Waals surface area contributed by atoms with E-state index in [1.807, 2.05) is 33.0 Å². The summed E-state index contributed by atoms with van der Waals surface area (Å²) in [4.78, 5) is 55.0. The lowest BCUT2D eigenvalue weighted by molar-refractivity contribution is -0.458. The van der Waals surface area contributed by atoms with Crippen LogP contribution in [0.2, 0.25) is 0 Å². The van der Waals surface area contributed by atoms with Crippen LogP contribution >= 0.6 is 0 Å². The fraction of sp³-hybridized carbons (Fsp3) is 0.567. The first-order chi connectivity index (χ1) is 19.6. The molecule has 1 aromatic heterocycles. The smallest absolute Gasteiger partial charge is 0.307 e. The highest BCUT2D eigenvalue weighted by atomic mass is 17.2. The predicted molar refractivity (Wildman–Crippen MR) is 149 cm³/mol. The Morgan fingerprint density at radius 1 is 1.32 bits per heavy atom.